The lowest BCUT2D eigenvalue weighted by molar-refractivity contribution is 0.00788. The number of carbonyl (C=O) groups is 1. The second-order valence-corrected chi connectivity index (χ2v) is 9.21. The van der Waals surface area contributed by atoms with Crippen molar-refractivity contribution in [1.29, 1.82) is 0 Å². The molecule has 3 saturated heterocycles. The number of benzene rings is 1. The first kappa shape index (κ1) is 19.0. The summed E-state index contributed by atoms with van der Waals surface area (Å²) in [5.74, 6) is 2.15. The second kappa shape index (κ2) is 8.02. The maximum atomic E-state index is 13.1. The molecule has 3 aliphatic heterocycles. The Balaban J connectivity index is 1.29. The van der Waals surface area contributed by atoms with Gasteiger partial charge in [-0.05, 0) is 68.2 Å². The number of urea groups is 1. The molecule has 1 N–H and O–H groups in total. The SMILES string of the molecule is COc1ccc(CNC(=O)N2CCCC3=C[C@@H]4C[C@H](CN5CCCC[C@@H]45)[C@@H]32)cc1. The van der Waals surface area contributed by atoms with Crippen molar-refractivity contribution in [2.75, 3.05) is 26.7 Å². The first-order valence-electron chi connectivity index (χ1n) is 11.3. The van der Waals surface area contributed by atoms with Gasteiger partial charge in [0.15, 0.2) is 0 Å². The normalized spacial score (nSPS) is 31.3. The fourth-order valence-electron chi connectivity index (χ4n) is 6.22. The smallest absolute Gasteiger partial charge is 0.318 e. The van der Waals surface area contributed by atoms with E-state index in [0.717, 1.165) is 30.3 Å². The maximum absolute atomic E-state index is 13.1. The van der Waals surface area contributed by atoms with Gasteiger partial charge in [0.25, 0.3) is 0 Å². The number of ether oxygens (including phenoxy) is 1. The van der Waals surface area contributed by atoms with Crippen LogP contribution in [-0.2, 0) is 6.54 Å². The molecule has 156 valence electrons. The van der Waals surface area contributed by atoms with Crippen molar-refractivity contribution in [2.45, 2.75) is 57.2 Å². The van der Waals surface area contributed by atoms with Gasteiger partial charge in [-0.25, -0.2) is 4.79 Å². The fourth-order valence-corrected chi connectivity index (χ4v) is 6.22. The van der Waals surface area contributed by atoms with Crippen LogP contribution in [0, 0.1) is 11.8 Å². The van der Waals surface area contributed by atoms with Gasteiger partial charge in [0.05, 0.1) is 13.2 Å². The minimum Gasteiger partial charge on any atom is -0.497 e. The van der Waals surface area contributed by atoms with Crippen LogP contribution in [-0.4, -0.2) is 54.7 Å². The van der Waals surface area contributed by atoms with Crippen molar-refractivity contribution in [3.05, 3.63) is 41.5 Å². The third-order valence-electron chi connectivity index (χ3n) is 7.52. The lowest BCUT2D eigenvalue weighted by atomic mass is 9.68. The summed E-state index contributed by atoms with van der Waals surface area (Å²) in [5, 5.41) is 3.17. The van der Waals surface area contributed by atoms with Crippen LogP contribution >= 0.6 is 0 Å². The molecule has 1 aromatic rings. The molecule has 5 nitrogen and oxygen atoms in total. The third kappa shape index (κ3) is 3.65. The van der Waals surface area contributed by atoms with E-state index in [4.69, 9.17) is 4.74 Å². The van der Waals surface area contributed by atoms with Gasteiger partial charge in [-0.2, -0.15) is 0 Å². The molecular weight excluding hydrogens is 362 g/mol. The van der Waals surface area contributed by atoms with E-state index >= 15 is 0 Å². The molecule has 0 unspecified atom stereocenters. The zero-order valence-corrected chi connectivity index (χ0v) is 17.5. The molecule has 2 amide bonds. The number of amides is 2. The average Bonchev–Trinajstić information content (AvgIpc) is 2.77. The number of hydrogen-bond donors (Lipinski definition) is 1. The molecule has 5 heteroatoms. The number of piperidine rings is 3. The van der Waals surface area contributed by atoms with E-state index in [1.165, 1.54) is 45.2 Å². The van der Waals surface area contributed by atoms with Gasteiger partial charge in [0.2, 0.25) is 0 Å². The molecule has 1 aromatic carbocycles. The summed E-state index contributed by atoms with van der Waals surface area (Å²) in [6, 6.07) is 9.08. The number of fused-ring (bicyclic) bond motifs is 6. The van der Waals surface area contributed by atoms with Crippen LogP contribution in [0.1, 0.15) is 44.1 Å². The molecule has 0 radical (unpaired) electrons. The zero-order valence-electron chi connectivity index (χ0n) is 17.5. The van der Waals surface area contributed by atoms with Gasteiger partial charge < -0.3 is 15.0 Å². The average molecular weight is 396 g/mol. The van der Waals surface area contributed by atoms with E-state index in [-0.39, 0.29) is 6.03 Å². The van der Waals surface area contributed by atoms with E-state index in [1.54, 1.807) is 12.7 Å². The van der Waals surface area contributed by atoms with E-state index in [0.29, 0.717) is 24.4 Å². The molecule has 3 fully saturated rings. The Morgan fingerprint density at radius 3 is 2.86 bits per heavy atom. The number of hydrogen-bond acceptors (Lipinski definition) is 3. The number of rotatable bonds is 3. The lowest BCUT2D eigenvalue weighted by Crippen LogP contribution is -2.61. The first-order valence-corrected chi connectivity index (χ1v) is 11.3. The number of nitrogens with zero attached hydrogens (tertiary/aromatic N) is 2. The Hall–Kier alpha value is -2.01. The van der Waals surface area contributed by atoms with Crippen LogP contribution in [0.2, 0.25) is 0 Å². The topological polar surface area (TPSA) is 44.8 Å². The fraction of sp³-hybridized carbons (Fsp3) is 0.625. The Labute approximate surface area is 174 Å². The van der Waals surface area contributed by atoms with Gasteiger partial charge in [-0.15, -0.1) is 0 Å². The van der Waals surface area contributed by atoms with E-state index in [1.807, 2.05) is 24.3 Å². The van der Waals surface area contributed by atoms with E-state index in [9.17, 15) is 4.79 Å². The molecule has 29 heavy (non-hydrogen) atoms. The standard InChI is InChI=1S/C24H33N3O2/c1-29-21-9-7-17(8-10-21)15-25-24(28)27-12-4-5-18-13-19-14-20(23(18)27)16-26-11-3-2-6-22(19)26/h7-10,13,19-20,22-23H,2-6,11-12,14-16H2,1H3,(H,25,28)/t19-,20-,22+,23-/m1/s1. The van der Waals surface area contributed by atoms with Gasteiger partial charge in [-0.3, -0.25) is 4.90 Å². The third-order valence-corrected chi connectivity index (χ3v) is 7.52. The minimum atomic E-state index is 0.0932. The molecule has 0 aromatic heterocycles. The highest BCUT2D eigenvalue weighted by Crippen LogP contribution is 2.44. The molecule has 0 saturated carbocycles. The van der Waals surface area contributed by atoms with Crippen molar-refractivity contribution in [2.24, 2.45) is 11.8 Å². The summed E-state index contributed by atoms with van der Waals surface area (Å²) in [4.78, 5) is 18.0. The van der Waals surface area contributed by atoms with Crippen molar-refractivity contribution in [3.63, 3.8) is 0 Å². The second-order valence-electron chi connectivity index (χ2n) is 9.21. The Morgan fingerprint density at radius 2 is 2.03 bits per heavy atom. The summed E-state index contributed by atoms with van der Waals surface area (Å²) in [5.41, 5.74) is 2.65. The van der Waals surface area contributed by atoms with Gasteiger partial charge >= 0.3 is 6.03 Å². The summed E-state index contributed by atoms with van der Waals surface area (Å²) >= 11 is 0. The maximum Gasteiger partial charge on any atom is 0.318 e. The predicted octanol–water partition coefficient (Wildman–Crippen LogP) is 3.80. The molecule has 2 bridgehead atoms. The van der Waals surface area contributed by atoms with E-state index < -0.39 is 0 Å². The van der Waals surface area contributed by atoms with Crippen molar-refractivity contribution in [3.8, 4) is 5.75 Å². The zero-order chi connectivity index (χ0) is 19.8. The largest absolute Gasteiger partial charge is 0.497 e. The lowest BCUT2D eigenvalue weighted by Gasteiger charge is -2.54. The number of carbonyl (C=O) groups excluding carboxylic acids is 1. The van der Waals surface area contributed by atoms with Crippen LogP contribution in [0.25, 0.3) is 0 Å². The highest BCUT2D eigenvalue weighted by molar-refractivity contribution is 5.75. The van der Waals surface area contributed by atoms with Gasteiger partial charge in [0.1, 0.15) is 5.75 Å². The van der Waals surface area contributed by atoms with Crippen molar-refractivity contribution >= 4 is 6.03 Å². The van der Waals surface area contributed by atoms with Gasteiger partial charge in [-0.1, -0.05) is 30.2 Å². The van der Waals surface area contributed by atoms with Crippen LogP contribution < -0.4 is 10.1 Å². The quantitative estimate of drug-likeness (QED) is 0.792. The summed E-state index contributed by atoms with van der Waals surface area (Å²) in [6.07, 6.45) is 10.2. The highest BCUT2D eigenvalue weighted by atomic mass is 16.5. The van der Waals surface area contributed by atoms with E-state index in [2.05, 4.69) is 21.2 Å². The molecular formula is C24H33N3O2. The van der Waals surface area contributed by atoms with Crippen LogP contribution in [0.3, 0.4) is 0 Å². The highest BCUT2D eigenvalue weighted by Gasteiger charge is 2.46. The van der Waals surface area contributed by atoms with Crippen LogP contribution in [0.15, 0.2) is 35.9 Å². The molecule has 5 rings (SSSR count). The Bertz CT molecular complexity index is 775. The Morgan fingerprint density at radius 1 is 1.17 bits per heavy atom. The summed E-state index contributed by atoms with van der Waals surface area (Å²) < 4.78 is 5.22. The van der Waals surface area contributed by atoms with Crippen molar-refractivity contribution in [1.82, 2.24) is 15.1 Å². The summed E-state index contributed by atoms with van der Waals surface area (Å²) in [7, 11) is 1.67. The molecule has 0 spiro atoms. The predicted molar refractivity (Wildman–Crippen MR) is 114 cm³/mol. The number of likely N-dealkylation sites (tertiary alicyclic amines) is 1. The molecule has 3 heterocycles. The van der Waals surface area contributed by atoms with Crippen LogP contribution in [0.5, 0.6) is 5.75 Å². The number of nitrogens with one attached hydrogen (secondary N) is 1. The molecule has 4 atom stereocenters. The van der Waals surface area contributed by atoms with Gasteiger partial charge in [0, 0.05) is 25.7 Å². The molecule has 1 aliphatic carbocycles. The van der Waals surface area contributed by atoms with Crippen LogP contribution in [0.4, 0.5) is 4.79 Å². The van der Waals surface area contributed by atoms with Crippen molar-refractivity contribution < 1.29 is 9.53 Å². The first-order chi connectivity index (χ1) is 14.2. The minimum absolute atomic E-state index is 0.0932. The number of methoxy groups -OCH3 is 1. The Kier molecular flexibility index (Phi) is 5.25. The summed E-state index contributed by atoms with van der Waals surface area (Å²) in [6.45, 7) is 3.86. The molecule has 4 aliphatic rings. The monoisotopic (exact) mass is 395 g/mol.